The van der Waals surface area contributed by atoms with E-state index in [0.717, 1.165) is 0 Å². The lowest BCUT2D eigenvalue weighted by atomic mass is 9.83. The fourth-order valence-electron chi connectivity index (χ4n) is 1.95. The number of rotatable bonds is 4. The second-order valence-corrected chi connectivity index (χ2v) is 6.43. The zero-order chi connectivity index (χ0) is 11.5. The van der Waals surface area contributed by atoms with Gasteiger partial charge in [-0.2, -0.15) is 0 Å². The van der Waals surface area contributed by atoms with Crippen molar-refractivity contribution >= 4 is 11.3 Å². The van der Waals surface area contributed by atoms with Gasteiger partial charge in [0, 0.05) is 10.9 Å². The molecular weight excluding hydrogens is 202 g/mol. The average molecular weight is 225 g/mol. The average Bonchev–Trinajstić information content (AvgIpc) is 2.50. The highest BCUT2D eigenvalue weighted by atomic mass is 32.1. The summed E-state index contributed by atoms with van der Waals surface area (Å²) in [5.41, 5.74) is 1.84. The normalized spacial score (nSPS) is 14.2. The molecule has 0 bridgehead atoms. The molecule has 0 aromatic carbocycles. The molecular formula is C13H23NS. The summed E-state index contributed by atoms with van der Waals surface area (Å²) in [6.45, 7) is 9.07. The Kier molecular flexibility index (Phi) is 4.35. The van der Waals surface area contributed by atoms with Gasteiger partial charge in [0.05, 0.1) is 0 Å². The van der Waals surface area contributed by atoms with E-state index in [2.05, 4.69) is 51.5 Å². The molecule has 0 fully saturated rings. The number of aryl methyl sites for hydroxylation is 2. The monoisotopic (exact) mass is 225 g/mol. The molecule has 0 saturated carbocycles. The van der Waals surface area contributed by atoms with Crippen LogP contribution in [0.2, 0.25) is 0 Å². The molecule has 1 N–H and O–H groups in total. The summed E-state index contributed by atoms with van der Waals surface area (Å²) >= 11 is 1.85. The molecule has 0 radical (unpaired) electrons. The molecule has 2 heteroatoms. The van der Waals surface area contributed by atoms with Crippen LogP contribution in [0.4, 0.5) is 0 Å². The first-order valence-electron chi connectivity index (χ1n) is 5.65. The van der Waals surface area contributed by atoms with E-state index in [4.69, 9.17) is 0 Å². The van der Waals surface area contributed by atoms with Gasteiger partial charge in [-0.15, -0.1) is 11.3 Å². The van der Waals surface area contributed by atoms with Crippen molar-refractivity contribution in [2.24, 2.45) is 5.41 Å². The van der Waals surface area contributed by atoms with E-state index >= 15 is 0 Å². The number of hydrogen-bond donors (Lipinski definition) is 1. The molecule has 1 heterocycles. The third-order valence-corrected chi connectivity index (χ3v) is 3.81. The molecule has 0 spiro atoms. The van der Waals surface area contributed by atoms with Crippen LogP contribution in [-0.2, 0) is 6.42 Å². The lowest BCUT2D eigenvalue weighted by Crippen LogP contribution is -2.38. The van der Waals surface area contributed by atoms with Gasteiger partial charge in [-0.3, -0.25) is 0 Å². The third-order valence-electron chi connectivity index (χ3n) is 2.90. The minimum atomic E-state index is 0.347. The van der Waals surface area contributed by atoms with Crippen LogP contribution in [0, 0.1) is 12.3 Å². The Labute approximate surface area is 97.9 Å². The van der Waals surface area contributed by atoms with Gasteiger partial charge in [0.25, 0.3) is 0 Å². The molecule has 0 aliphatic rings. The number of hydrogen-bond acceptors (Lipinski definition) is 2. The van der Waals surface area contributed by atoms with E-state index in [9.17, 15) is 0 Å². The second kappa shape index (κ2) is 5.13. The highest BCUT2D eigenvalue weighted by Gasteiger charge is 2.22. The van der Waals surface area contributed by atoms with Crippen molar-refractivity contribution in [2.45, 2.75) is 46.6 Å². The lowest BCUT2D eigenvalue weighted by molar-refractivity contribution is 0.268. The summed E-state index contributed by atoms with van der Waals surface area (Å²) in [5.74, 6) is 0. The topological polar surface area (TPSA) is 12.0 Å². The molecule has 15 heavy (non-hydrogen) atoms. The van der Waals surface area contributed by atoms with E-state index in [0.29, 0.717) is 11.5 Å². The minimum absolute atomic E-state index is 0.347. The van der Waals surface area contributed by atoms with Crippen LogP contribution in [0.25, 0.3) is 0 Å². The maximum absolute atomic E-state index is 3.42. The van der Waals surface area contributed by atoms with Crippen molar-refractivity contribution in [2.75, 3.05) is 7.05 Å². The first-order chi connectivity index (χ1) is 6.93. The SMILES string of the molecule is CNC(CCc1csc(C)c1)C(C)(C)C. The van der Waals surface area contributed by atoms with Gasteiger partial charge in [-0.05, 0) is 49.2 Å². The molecule has 1 aromatic heterocycles. The van der Waals surface area contributed by atoms with E-state index in [1.807, 2.05) is 11.3 Å². The van der Waals surface area contributed by atoms with Crippen molar-refractivity contribution in [1.82, 2.24) is 5.32 Å². The molecule has 0 amide bonds. The summed E-state index contributed by atoms with van der Waals surface area (Å²) in [6.07, 6.45) is 2.41. The maximum atomic E-state index is 3.42. The van der Waals surface area contributed by atoms with Crippen molar-refractivity contribution in [3.8, 4) is 0 Å². The Hall–Kier alpha value is -0.340. The summed E-state index contributed by atoms with van der Waals surface area (Å²) in [4.78, 5) is 1.42. The highest BCUT2D eigenvalue weighted by molar-refractivity contribution is 7.10. The fourth-order valence-corrected chi connectivity index (χ4v) is 2.69. The van der Waals surface area contributed by atoms with Crippen LogP contribution in [0.1, 0.15) is 37.6 Å². The van der Waals surface area contributed by atoms with Gasteiger partial charge in [0.15, 0.2) is 0 Å². The van der Waals surface area contributed by atoms with Gasteiger partial charge < -0.3 is 5.32 Å². The Bertz CT molecular complexity index is 296. The quantitative estimate of drug-likeness (QED) is 0.825. The molecule has 1 atom stereocenters. The summed E-state index contributed by atoms with van der Waals surface area (Å²) in [7, 11) is 2.06. The molecule has 1 aromatic rings. The lowest BCUT2D eigenvalue weighted by Gasteiger charge is -2.30. The van der Waals surface area contributed by atoms with E-state index in [1.165, 1.54) is 23.3 Å². The maximum Gasteiger partial charge on any atom is 0.0116 e. The molecule has 86 valence electrons. The Morgan fingerprint density at radius 1 is 1.40 bits per heavy atom. The first-order valence-corrected chi connectivity index (χ1v) is 6.52. The fraction of sp³-hybridized carbons (Fsp3) is 0.692. The Balaban J connectivity index is 2.48. The van der Waals surface area contributed by atoms with Gasteiger partial charge >= 0.3 is 0 Å². The van der Waals surface area contributed by atoms with Gasteiger partial charge in [-0.1, -0.05) is 20.8 Å². The van der Waals surface area contributed by atoms with E-state index in [-0.39, 0.29) is 0 Å². The van der Waals surface area contributed by atoms with Crippen LogP contribution < -0.4 is 5.32 Å². The van der Waals surface area contributed by atoms with Crippen molar-refractivity contribution in [1.29, 1.82) is 0 Å². The molecule has 1 nitrogen and oxygen atoms in total. The van der Waals surface area contributed by atoms with Crippen molar-refractivity contribution < 1.29 is 0 Å². The molecule has 1 rings (SSSR count). The van der Waals surface area contributed by atoms with Crippen molar-refractivity contribution in [3.05, 3.63) is 21.9 Å². The molecule has 1 unspecified atom stereocenters. The summed E-state index contributed by atoms with van der Waals surface area (Å²) in [6, 6.07) is 2.90. The van der Waals surface area contributed by atoms with Gasteiger partial charge in [-0.25, -0.2) is 0 Å². The van der Waals surface area contributed by atoms with Gasteiger partial charge in [0.2, 0.25) is 0 Å². The zero-order valence-electron chi connectivity index (χ0n) is 10.6. The van der Waals surface area contributed by atoms with Crippen LogP contribution in [0.15, 0.2) is 11.4 Å². The van der Waals surface area contributed by atoms with E-state index < -0.39 is 0 Å². The first kappa shape index (κ1) is 12.7. The predicted octanol–water partition coefficient (Wildman–Crippen LogP) is 3.62. The summed E-state index contributed by atoms with van der Waals surface area (Å²) in [5, 5.41) is 5.70. The second-order valence-electron chi connectivity index (χ2n) is 5.31. The Morgan fingerprint density at radius 2 is 2.07 bits per heavy atom. The van der Waals surface area contributed by atoms with Crippen LogP contribution in [0.3, 0.4) is 0 Å². The summed E-state index contributed by atoms with van der Waals surface area (Å²) < 4.78 is 0. The van der Waals surface area contributed by atoms with E-state index in [1.54, 1.807) is 0 Å². The Morgan fingerprint density at radius 3 is 2.47 bits per heavy atom. The van der Waals surface area contributed by atoms with Crippen molar-refractivity contribution in [3.63, 3.8) is 0 Å². The molecule has 0 aliphatic heterocycles. The standard InChI is InChI=1S/C13H23NS/c1-10-8-11(9-15-10)6-7-12(14-5)13(2,3)4/h8-9,12,14H,6-7H2,1-5H3. The minimum Gasteiger partial charge on any atom is -0.316 e. The van der Waals surface area contributed by atoms with Crippen LogP contribution in [0.5, 0.6) is 0 Å². The smallest absolute Gasteiger partial charge is 0.0116 e. The largest absolute Gasteiger partial charge is 0.316 e. The number of thiophene rings is 1. The molecule has 0 saturated heterocycles. The van der Waals surface area contributed by atoms with Crippen LogP contribution >= 0.6 is 11.3 Å². The predicted molar refractivity (Wildman–Crippen MR) is 69.7 cm³/mol. The third kappa shape index (κ3) is 3.96. The zero-order valence-corrected chi connectivity index (χ0v) is 11.4. The molecule has 0 aliphatic carbocycles. The van der Waals surface area contributed by atoms with Gasteiger partial charge in [0.1, 0.15) is 0 Å². The van der Waals surface area contributed by atoms with Crippen LogP contribution in [-0.4, -0.2) is 13.1 Å². The number of nitrogens with one attached hydrogen (secondary N) is 1. The highest BCUT2D eigenvalue weighted by Crippen LogP contribution is 2.24.